The molecule has 0 saturated carbocycles. The third-order valence-corrected chi connectivity index (χ3v) is 13.6. The summed E-state index contributed by atoms with van der Waals surface area (Å²) in [7, 11) is 6.49. The van der Waals surface area contributed by atoms with Crippen molar-refractivity contribution in [3.05, 3.63) is 229 Å². The van der Waals surface area contributed by atoms with Crippen LogP contribution in [0.15, 0.2) is 169 Å². The number of carbonyl (C=O) groups excluding carboxylic acids is 6. The molecule has 3 aromatic heterocycles. The molecule has 10 rings (SSSR count). The normalized spacial score (nSPS) is 11.3. The van der Waals surface area contributed by atoms with Crippen molar-refractivity contribution in [3.63, 3.8) is 0 Å². The molecule has 9 aromatic rings. The van der Waals surface area contributed by atoms with Crippen molar-refractivity contribution < 1.29 is 28.8 Å². The van der Waals surface area contributed by atoms with Crippen LogP contribution in [0.5, 0.6) is 0 Å². The van der Waals surface area contributed by atoms with Crippen LogP contribution >= 0.6 is 34.8 Å². The topological polar surface area (TPSA) is 343 Å². The highest BCUT2D eigenvalue weighted by Gasteiger charge is 2.24. The number of hydrogen-bond donors (Lipinski definition) is 10. The van der Waals surface area contributed by atoms with Crippen molar-refractivity contribution in [3.8, 4) is 0 Å². The lowest BCUT2D eigenvalue weighted by molar-refractivity contribution is 0.101. The molecule has 12 N–H and O–H groups in total. The van der Waals surface area contributed by atoms with Crippen LogP contribution < -0.4 is 43.4 Å². The first-order chi connectivity index (χ1) is 41.6. The fourth-order valence-electron chi connectivity index (χ4n) is 7.95. The Morgan fingerprint density at radius 1 is 0.414 bits per heavy atom. The lowest BCUT2D eigenvalue weighted by Gasteiger charge is -2.10. The molecule has 0 aliphatic carbocycles. The molecule has 1 aliphatic rings. The number of aromatic nitrogens is 6. The summed E-state index contributed by atoms with van der Waals surface area (Å²) in [4.78, 5) is 81.6. The number of rotatable bonds is 15. The molecule has 1 aliphatic heterocycles. The Bertz CT molecular complexity index is 4070. The van der Waals surface area contributed by atoms with E-state index in [9.17, 15) is 28.8 Å². The van der Waals surface area contributed by atoms with Crippen molar-refractivity contribution in [1.29, 1.82) is 10.8 Å². The van der Waals surface area contributed by atoms with Crippen LogP contribution in [0.2, 0.25) is 15.1 Å². The van der Waals surface area contributed by atoms with Crippen LogP contribution in [-0.4, -0.2) is 107 Å². The van der Waals surface area contributed by atoms with Crippen LogP contribution in [0.25, 0.3) is 0 Å². The van der Waals surface area contributed by atoms with Crippen LogP contribution in [0, 0.1) is 10.8 Å². The molecule has 6 aromatic carbocycles. The lowest BCUT2D eigenvalue weighted by Crippen LogP contribution is -2.19. The summed E-state index contributed by atoms with van der Waals surface area (Å²) in [5, 5.41) is 45.8. The number of halogens is 3. The molecule has 1 saturated heterocycles. The summed E-state index contributed by atoms with van der Waals surface area (Å²) in [6.45, 7) is 1.78. The average Bonchev–Trinajstić information content (AvgIpc) is 2.96. The predicted molar refractivity (Wildman–Crippen MR) is 337 cm³/mol. The highest BCUT2D eigenvalue weighted by molar-refractivity contribution is 6.31. The molecular weight excluding hydrogens is 1180 g/mol. The third kappa shape index (κ3) is 16.2. The quantitative estimate of drug-likeness (QED) is 0.0261. The number of nitrogens with zero attached hydrogens (tertiary/aromatic N) is 8. The highest BCUT2D eigenvalue weighted by Crippen LogP contribution is 2.24. The van der Waals surface area contributed by atoms with Crippen molar-refractivity contribution in [2.75, 3.05) is 52.0 Å². The summed E-state index contributed by atoms with van der Waals surface area (Å²) in [6, 6.07) is 39.8. The number of benzene rings is 6. The van der Waals surface area contributed by atoms with Crippen LogP contribution in [0.1, 0.15) is 78.8 Å². The Morgan fingerprint density at radius 3 is 0.966 bits per heavy atom. The molecular formula is C60H55Cl3N18O6. The monoisotopic (exact) mass is 1230 g/mol. The van der Waals surface area contributed by atoms with E-state index in [-0.39, 0.29) is 51.8 Å². The molecule has 4 heterocycles. The maximum atomic E-state index is 12.7. The van der Waals surface area contributed by atoms with Gasteiger partial charge in [-0.15, -0.1) is 0 Å². The average molecular weight is 1230 g/mol. The Balaban J connectivity index is 0.000000169. The Morgan fingerprint density at radius 2 is 0.690 bits per heavy atom. The standard InChI is InChI=1S/C21H19ClN6O2.C20H19ClN6O2.C19H17ClN6O2/c1-27-19(17(12-24-27)21(30)25-16-8-6-15(22)7-9-16)26-20(29)14-4-2-13(3-5-14)18(23)28-10-11-28;1-23-17(22)12-3-5-13(6-4-12)19(28)26-18-16(11-24-27(18)2)20(29)25-15-9-7-14(21)8-10-15;1-26-17(25-18(27)12-4-2-11(3-5-12)16(21)22)15(10-23-26)19(28)24-14-8-6-13(20)7-9-14/h2-9,12,23H,10-11H2,1H3,(H,25,30)(H,26,29);3-11H,1-2H3,(H2,22,23)(H,25,29)(H,26,28);2-10H,1H3,(H3,21,22)(H,24,28)(H,25,27). The number of carbonyl (C=O) groups is 6. The Kier molecular flexibility index (Phi) is 20.0. The fraction of sp³-hybridized carbons (Fsp3) is 0.100. The van der Waals surface area contributed by atoms with Crippen LogP contribution in [-0.2, 0) is 21.1 Å². The largest absolute Gasteiger partial charge is 0.384 e. The van der Waals surface area contributed by atoms with E-state index in [1.807, 2.05) is 4.90 Å². The molecule has 0 radical (unpaired) electrons. The van der Waals surface area contributed by atoms with Gasteiger partial charge in [-0.1, -0.05) is 71.2 Å². The van der Waals surface area contributed by atoms with Gasteiger partial charge in [-0.05, 0) is 109 Å². The second-order valence-electron chi connectivity index (χ2n) is 18.9. The van der Waals surface area contributed by atoms with Crippen LogP contribution in [0.3, 0.4) is 0 Å². The zero-order valence-electron chi connectivity index (χ0n) is 46.8. The number of aliphatic imine (C=N–C) groups is 1. The first-order valence-corrected chi connectivity index (χ1v) is 27.2. The zero-order chi connectivity index (χ0) is 62.5. The van der Waals surface area contributed by atoms with E-state index >= 15 is 0 Å². The number of anilines is 6. The maximum Gasteiger partial charge on any atom is 0.261 e. The number of aryl methyl sites for hydroxylation is 3. The molecule has 0 bridgehead atoms. The number of hydrogen-bond acceptors (Lipinski definition) is 12. The third-order valence-electron chi connectivity index (χ3n) is 12.9. The molecule has 0 spiro atoms. The summed E-state index contributed by atoms with van der Waals surface area (Å²) in [5.74, 6) is -0.826. The van der Waals surface area contributed by atoms with Gasteiger partial charge >= 0.3 is 0 Å². The Hall–Kier alpha value is -11.0. The minimum atomic E-state index is -0.419. The SMILES string of the molecule is CN=C(N)c1ccc(C(=O)Nc2c(C(=O)Nc3ccc(Cl)cc3)cnn2C)cc1.Cn1ncc(C(=O)Nc2ccc(Cl)cc2)c1NC(=O)c1ccc(C(=N)N)cc1.Cn1ncc(C(=O)Nc2ccc(Cl)cc2)c1NC(=O)c1ccc(C(=N)N2CC2)cc1. The van der Waals surface area contributed by atoms with Crippen molar-refractivity contribution in [1.82, 2.24) is 34.2 Å². The first kappa shape index (κ1) is 62.1. The van der Waals surface area contributed by atoms with Crippen molar-refractivity contribution >= 4 is 122 Å². The van der Waals surface area contributed by atoms with Gasteiger partial charge in [-0.25, -0.2) is 0 Å². The van der Waals surface area contributed by atoms with Gasteiger partial charge in [-0.3, -0.25) is 58.6 Å². The number of amides is 6. The molecule has 27 heteroatoms. The van der Waals surface area contributed by atoms with Crippen LogP contribution in [0.4, 0.5) is 34.5 Å². The minimum absolute atomic E-state index is 0.0836. The number of nitrogen functional groups attached to an aromatic ring is 1. The summed E-state index contributed by atoms with van der Waals surface area (Å²) in [6.07, 6.45) is 4.16. The molecule has 6 amide bonds. The van der Waals surface area contributed by atoms with Crippen molar-refractivity contribution in [2.24, 2.45) is 37.6 Å². The number of amidine groups is 3. The zero-order valence-corrected chi connectivity index (χ0v) is 49.1. The Labute approximate surface area is 512 Å². The number of nitrogens with one attached hydrogen (secondary N) is 8. The summed E-state index contributed by atoms with van der Waals surface area (Å²) < 4.78 is 4.25. The lowest BCUT2D eigenvalue weighted by atomic mass is 10.1. The molecule has 1 fully saturated rings. The number of nitrogens with two attached hydrogens (primary N) is 2. The first-order valence-electron chi connectivity index (χ1n) is 26.1. The van der Waals surface area contributed by atoms with E-state index in [1.54, 1.807) is 174 Å². The van der Waals surface area contributed by atoms with Gasteiger partial charge in [0.25, 0.3) is 35.4 Å². The van der Waals surface area contributed by atoms with Gasteiger partial charge in [0, 0.05) is 107 Å². The summed E-state index contributed by atoms with van der Waals surface area (Å²) in [5.41, 5.74) is 16.7. The van der Waals surface area contributed by atoms with Gasteiger partial charge in [0.15, 0.2) is 0 Å². The molecule has 0 unspecified atom stereocenters. The van der Waals surface area contributed by atoms with Gasteiger partial charge in [0.05, 0.1) is 18.6 Å². The van der Waals surface area contributed by atoms with E-state index < -0.39 is 23.6 Å². The summed E-state index contributed by atoms with van der Waals surface area (Å²) >= 11 is 17.6. The highest BCUT2D eigenvalue weighted by atomic mass is 35.5. The molecule has 442 valence electrons. The van der Waals surface area contributed by atoms with Crippen molar-refractivity contribution in [2.45, 2.75) is 0 Å². The second kappa shape index (κ2) is 28.1. The van der Waals surface area contributed by atoms with Gasteiger partial charge in [-0.2, -0.15) is 15.3 Å². The van der Waals surface area contributed by atoms with E-state index in [0.717, 1.165) is 18.7 Å². The minimum Gasteiger partial charge on any atom is -0.384 e. The smallest absolute Gasteiger partial charge is 0.261 e. The maximum absolute atomic E-state index is 12.7. The molecule has 87 heavy (non-hydrogen) atoms. The predicted octanol–water partition coefficient (Wildman–Crippen LogP) is 8.99. The molecule has 24 nitrogen and oxygen atoms in total. The van der Waals surface area contributed by atoms with E-state index in [2.05, 4.69) is 52.2 Å². The van der Waals surface area contributed by atoms with Gasteiger partial charge in [0.1, 0.15) is 51.7 Å². The van der Waals surface area contributed by atoms with E-state index in [1.165, 1.54) is 32.6 Å². The van der Waals surface area contributed by atoms with Gasteiger partial charge in [0.2, 0.25) is 0 Å². The molecule has 0 atom stereocenters. The van der Waals surface area contributed by atoms with E-state index in [4.69, 9.17) is 57.1 Å². The fourth-order valence-corrected chi connectivity index (χ4v) is 8.33. The van der Waals surface area contributed by atoms with Gasteiger partial charge < -0.3 is 48.3 Å². The second-order valence-corrected chi connectivity index (χ2v) is 20.2. The van der Waals surface area contributed by atoms with E-state index in [0.29, 0.717) is 71.6 Å².